The van der Waals surface area contributed by atoms with Crippen molar-refractivity contribution in [2.75, 3.05) is 71.8 Å². The minimum absolute atomic E-state index is 0.367. The summed E-state index contributed by atoms with van der Waals surface area (Å²) in [5.74, 6) is 0.499. The fourth-order valence-corrected chi connectivity index (χ4v) is 1.25. The molecule has 0 N–H and O–H groups in total. The predicted molar refractivity (Wildman–Crippen MR) is 121 cm³/mol. The van der Waals surface area contributed by atoms with Crippen LogP contribution in [-0.4, -0.2) is 128 Å². The van der Waals surface area contributed by atoms with Gasteiger partial charge in [-0.05, 0) is 17.5 Å². The van der Waals surface area contributed by atoms with Gasteiger partial charge in [0.2, 0.25) is 10.2 Å². The van der Waals surface area contributed by atoms with E-state index in [-0.39, 0.29) is 0 Å². The summed E-state index contributed by atoms with van der Waals surface area (Å²) in [5.41, 5.74) is 15.8. The molecule has 0 rings (SSSR count). The molecule has 0 saturated carbocycles. The zero-order chi connectivity index (χ0) is 24.4. The fourth-order valence-electron chi connectivity index (χ4n) is 1.14. The first-order valence-electron chi connectivity index (χ1n) is 9.38. The van der Waals surface area contributed by atoms with Gasteiger partial charge in [-0.3, -0.25) is 0 Å². The quantitative estimate of drug-likeness (QED) is 0.0730. The number of halogens is 1. The molecular formula is C13H27ClN6Na2O7S2. The van der Waals surface area contributed by atoms with Crippen LogP contribution in [0.3, 0.4) is 0 Å². The molecule has 0 unspecified atom stereocenters. The van der Waals surface area contributed by atoms with Crippen molar-refractivity contribution in [2.24, 2.45) is 10.2 Å². The number of ether oxygens (including phenoxy) is 4. The summed E-state index contributed by atoms with van der Waals surface area (Å²) in [5, 5.41) is 6.62. The van der Waals surface area contributed by atoms with Crippen molar-refractivity contribution < 1.29 is 31.6 Å². The summed E-state index contributed by atoms with van der Waals surface area (Å²) in [4.78, 5) is 5.18. The zero-order valence-electron chi connectivity index (χ0n) is 18.2. The van der Waals surface area contributed by atoms with Gasteiger partial charge in [-0.2, -0.15) is 12.6 Å². The fraction of sp³-hybridized carbons (Fsp3) is 1.00. The topological polar surface area (TPSA) is 186 Å². The third-order valence-electron chi connectivity index (χ3n) is 2.17. The van der Waals surface area contributed by atoms with Crippen LogP contribution in [-0.2, 0) is 38.4 Å². The van der Waals surface area contributed by atoms with Crippen LogP contribution in [0.5, 0.6) is 0 Å². The maximum absolute atomic E-state index is 9.02. The second-order valence-electron chi connectivity index (χ2n) is 4.32. The Morgan fingerprint density at radius 2 is 1.19 bits per heavy atom. The average Bonchev–Trinajstić information content (AvgIpc) is 2.79. The van der Waals surface area contributed by atoms with E-state index >= 15 is 0 Å². The van der Waals surface area contributed by atoms with E-state index < -0.39 is 19.5 Å². The molecule has 0 bridgehead atoms. The molecule has 0 aliphatic carbocycles. The van der Waals surface area contributed by atoms with Crippen molar-refractivity contribution >= 4 is 74.7 Å². The van der Waals surface area contributed by atoms with Gasteiger partial charge in [0, 0.05) is 35.4 Å². The normalized spacial score (nSPS) is 8.58. The Morgan fingerprint density at radius 3 is 1.48 bits per heavy atom. The first-order valence-corrected chi connectivity index (χ1v) is 20.3. The van der Waals surface area contributed by atoms with E-state index in [2.05, 4.69) is 27.0 Å². The van der Waals surface area contributed by atoms with Crippen molar-refractivity contribution in [2.45, 2.75) is 13.3 Å². The Balaban J connectivity index is -0.000000182. The van der Waals surface area contributed by atoms with E-state index in [1.165, 1.54) is 43.6 Å². The molecule has 0 radical (unpaired) electrons. The molecular weight excluding hydrogens is 498 g/mol. The molecule has 172 valence electrons. The number of nitrogens with zero attached hydrogens (tertiary/aromatic N) is 6. The molecule has 0 aromatic carbocycles. The van der Waals surface area contributed by atoms with Crippen LogP contribution in [0, 0.1) is 0 Å². The van der Waals surface area contributed by atoms with Gasteiger partial charge < -0.3 is 18.9 Å². The monoisotopic (exact) mass is 524 g/mol. The molecule has 0 heterocycles. The second-order valence-corrected chi connectivity index (χ2v) is 6.47. The van der Waals surface area contributed by atoms with E-state index in [0.717, 1.165) is 13.0 Å². The van der Waals surface area contributed by atoms with Gasteiger partial charge in [-0.1, -0.05) is 17.2 Å². The Kier molecular flexibility index (Phi) is 55.5. The Labute approximate surface area is 220 Å². The van der Waals surface area contributed by atoms with Crippen LogP contribution in [0.2, 0.25) is 0 Å². The molecule has 0 spiro atoms. The van der Waals surface area contributed by atoms with Crippen molar-refractivity contribution in [3.05, 3.63) is 20.9 Å². The molecule has 0 fully saturated rings. The van der Waals surface area contributed by atoms with Crippen LogP contribution in [0.25, 0.3) is 20.9 Å². The molecule has 18 heteroatoms. The maximum atomic E-state index is 9.02. The van der Waals surface area contributed by atoms with Crippen molar-refractivity contribution in [1.29, 1.82) is 0 Å². The third-order valence-corrected chi connectivity index (χ3v) is 2.77. The molecule has 0 amide bonds. The van der Waals surface area contributed by atoms with Crippen LogP contribution in [0.15, 0.2) is 10.2 Å². The standard InChI is InChI=1S/C7H15N3O2.C6H12ClN3O2.2Na.O3S2/c1-2-4-11-6-7-12-5-3-9-10-8;7-1-3-11-5-6-12-4-2-9-10-8;;;1-4-5(2)3/h2-7H2,1H3;1-6H2;;;. The van der Waals surface area contributed by atoms with Crippen LogP contribution >= 0.6 is 11.6 Å². The van der Waals surface area contributed by atoms with Gasteiger partial charge in [0.1, 0.15) is 0 Å². The van der Waals surface area contributed by atoms with Crippen LogP contribution in [0.4, 0.5) is 0 Å². The SMILES string of the molecule is CCCOCCOCCN=[N+]=[N-].O=S=S(=O)=O.[N-]=[N+]=NCCOCCOCCCl.[Na][Na]. The minimum atomic E-state index is -2.46. The summed E-state index contributed by atoms with van der Waals surface area (Å²) in [6.07, 6.45) is 1.03. The van der Waals surface area contributed by atoms with Gasteiger partial charge in [0.15, 0.2) is 0 Å². The van der Waals surface area contributed by atoms with E-state index in [4.69, 9.17) is 54.2 Å². The summed E-state index contributed by atoms with van der Waals surface area (Å²) in [7, 11) is -2.92. The Morgan fingerprint density at radius 1 is 0.839 bits per heavy atom. The molecule has 0 aliphatic rings. The summed E-state index contributed by atoms with van der Waals surface area (Å²) < 4.78 is 47.3. The molecule has 0 aromatic rings. The van der Waals surface area contributed by atoms with Crippen molar-refractivity contribution in [1.82, 2.24) is 0 Å². The third kappa shape index (κ3) is 59.0. The summed E-state index contributed by atoms with van der Waals surface area (Å²) in [6.45, 7) is 7.28. The van der Waals surface area contributed by atoms with E-state index in [1.807, 2.05) is 0 Å². The molecule has 0 saturated heterocycles. The zero-order valence-corrected chi connectivity index (χ0v) is 24.6. The molecule has 0 aromatic heterocycles. The van der Waals surface area contributed by atoms with Gasteiger partial charge >= 0.3 is 52.9 Å². The van der Waals surface area contributed by atoms with Gasteiger partial charge in [0.25, 0.3) is 0 Å². The van der Waals surface area contributed by atoms with E-state index in [1.54, 1.807) is 0 Å². The molecule has 31 heavy (non-hydrogen) atoms. The van der Waals surface area contributed by atoms with Gasteiger partial charge in [-0.25, -0.2) is 0 Å². The van der Waals surface area contributed by atoms with Crippen LogP contribution in [0.1, 0.15) is 13.3 Å². The van der Waals surface area contributed by atoms with Crippen LogP contribution < -0.4 is 0 Å². The average molecular weight is 525 g/mol. The van der Waals surface area contributed by atoms with Crippen molar-refractivity contribution in [3.8, 4) is 0 Å². The van der Waals surface area contributed by atoms with E-state index in [9.17, 15) is 0 Å². The molecule has 0 atom stereocenters. The summed E-state index contributed by atoms with van der Waals surface area (Å²) >= 11 is 8.25. The predicted octanol–water partition coefficient (Wildman–Crippen LogP) is 1.54. The number of alkyl halides is 1. The number of azide groups is 2. The number of hydrogen-bond donors (Lipinski definition) is 0. The van der Waals surface area contributed by atoms with Gasteiger partial charge in [-0.15, -0.1) is 11.6 Å². The van der Waals surface area contributed by atoms with E-state index in [0.29, 0.717) is 65.2 Å². The van der Waals surface area contributed by atoms with Gasteiger partial charge in [0.05, 0.1) is 46.2 Å². The number of rotatable bonds is 16. The Hall–Kier alpha value is 0.590. The Bertz CT molecular complexity index is 565. The number of hydrogen-bond acceptors (Lipinski definition) is 9. The first-order chi connectivity index (χ1) is 15.1. The molecule has 0 aliphatic heterocycles. The summed E-state index contributed by atoms with van der Waals surface area (Å²) in [6, 6.07) is 0. The second kappa shape index (κ2) is 44.3. The first kappa shape index (κ1) is 38.8. The van der Waals surface area contributed by atoms with Crippen molar-refractivity contribution in [3.63, 3.8) is 0 Å². The molecule has 13 nitrogen and oxygen atoms in total.